The minimum atomic E-state index is 0.545. The average molecular weight is 246 g/mol. The van der Waals surface area contributed by atoms with Crippen LogP contribution in [0.2, 0.25) is 0 Å². The third-order valence-electron chi connectivity index (χ3n) is 3.63. The molecule has 3 rings (SSSR count). The lowest BCUT2D eigenvalue weighted by Gasteiger charge is -2.23. The highest BCUT2D eigenvalue weighted by Gasteiger charge is 2.25. The molecule has 0 radical (unpaired) electrons. The van der Waals surface area contributed by atoms with Crippen molar-refractivity contribution in [2.45, 2.75) is 32.0 Å². The highest BCUT2D eigenvalue weighted by atomic mass is 15.3. The van der Waals surface area contributed by atoms with E-state index in [1.165, 1.54) is 12.8 Å². The van der Waals surface area contributed by atoms with E-state index in [0.717, 1.165) is 25.5 Å². The second-order valence-electron chi connectivity index (χ2n) is 4.84. The molecule has 3 heterocycles. The van der Waals surface area contributed by atoms with Gasteiger partial charge in [0, 0.05) is 25.5 Å². The summed E-state index contributed by atoms with van der Waals surface area (Å²) in [5.41, 5.74) is 0. The summed E-state index contributed by atoms with van der Waals surface area (Å²) < 4.78 is 4.01. The molecule has 1 aliphatic heterocycles. The summed E-state index contributed by atoms with van der Waals surface area (Å²) in [7, 11) is 2.05. The van der Waals surface area contributed by atoms with Crippen LogP contribution in [0.15, 0.2) is 25.0 Å². The van der Waals surface area contributed by atoms with Gasteiger partial charge in [-0.1, -0.05) is 0 Å². The fraction of sp³-hybridized carbons (Fsp3) is 0.583. The second kappa shape index (κ2) is 4.89. The molecule has 0 unspecified atom stereocenters. The van der Waals surface area contributed by atoms with Gasteiger partial charge in [-0.05, 0) is 19.4 Å². The maximum atomic E-state index is 4.40. The van der Waals surface area contributed by atoms with Crippen LogP contribution in [0.5, 0.6) is 0 Å². The van der Waals surface area contributed by atoms with E-state index in [1.807, 2.05) is 24.1 Å². The maximum Gasteiger partial charge on any atom is 0.137 e. The van der Waals surface area contributed by atoms with Gasteiger partial charge in [-0.25, -0.2) is 9.97 Å². The molecule has 2 aromatic rings. The molecule has 6 nitrogen and oxygen atoms in total. The molecule has 2 aromatic heterocycles. The number of hydrogen-bond acceptors (Lipinski definition) is 4. The number of nitrogens with zero attached hydrogens (tertiary/aromatic N) is 6. The maximum absolute atomic E-state index is 4.40. The zero-order valence-corrected chi connectivity index (χ0v) is 10.6. The molecule has 0 bridgehead atoms. The summed E-state index contributed by atoms with van der Waals surface area (Å²) >= 11 is 0. The van der Waals surface area contributed by atoms with Gasteiger partial charge in [-0.3, -0.25) is 9.58 Å². The molecule has 18 heavy (non-hydrogen) atoms. The molecular weight excluding hydrogens is 228 g/mol. The van der Waals surface area contributed by atoms with Gasteiger partial charge in [0.05, 0.1) is 13.1 Å². The Kier molecular flexibility index (Phi) is 3.10. The van der Waals surface area contributed by atoms with Crippen LogP contribution < -0.4 is 0 Å². The van der Waals surface area contributed by atoms with Gasteiger partial charge in [-0.2, -0.15) is 5.10 Å². The highest BCUT2D eigenvalue weighted by Crippen LogP contribution is 2.20. The third kappa shape index (κ3) is 2.28. The number of imidazole rings is 1. The van der Waals surface area contributed by atoms with E-state index in [4.69, 9.17) is 0 Å². The third-order valence-corrected chi connectivity index (χ3v) is 3.63. The first-order chi connectivity index (χ1) is 8.83. The van der Waals surface area contributed by atoms with Gasteiger partial charge in [0.15, 0.2) is 0 Å². The van der Waals surface area contributed by atoms with E-state index >= 15 is 0 Å². The molecular formula is C12H18N6. The molecule has 0 spiro atoms. The van der Waals surface area contributed by atoms with Crippen LogP contribution in [-0.4, -0.2) is 41.8 Å². The molecule has 0 saturated carbocycles. The Morgan fingerprint density at radius 3 is 3.11 bits per heavy atom. The fourth-order valence-electron chi connectivity index (χ4n) is 2.58. The predicted octanol–water partition coefficient (Wildman–Crippen LogP) is 0.676. The molecule has 0 amide bonds. The predicted molar refractivity (Wildman–Crippen MR) is 66.7 cm³/mol. The van der Waals surface area contributed by atoms with Crippen LogP contribution in [0.4, 0.5) is 0 Å². The van der Waals surface area contributed by atoms with Crippen molar-refractivity contribution in [2.75, 3.05) is 6.54 Å². The minimum Gasteiger partial charge on any atom is -0.337 e. The quantitative estimate of drug-likeness (QED) is 0.796. The number of hydrogen-bond donors (Lipinski definition) is 0. The second-order valence-corrected chi connectivity index (χ2v) is 4.84. The Balaban J connectivity index is 1.66. The summed E-state index contributed by atoms with van der Waals surface area (Å²) in [6, 6.07) is 0.545. The Labute approximate surface area is 106 Å². The van der Waals surface area contributed by atoms with Crippen molar-refractivity contribution in [3.63, 3.8) is 0 Å². The van der Waals surface area contributed by atoms with E-state index in [0.29, 0.717) is 6.04 Å². The van der Waals surface area contributed by atoms with Crippen LogP contribution in [0.25, 0.3) is 0 Å². The first-order valence-corrected chi connectivity index (χ1v) is 6.35. The van der Waals surface area contributed by atoms with Gasteiger partial charge < -0.3 is 4.57 Å². The molecule has 0 aromatic carbocycles. The first-order valence-electron chi connectivity index (χ1n) is 6.35. The van der Waals surface area contributed by atoms with Crippen LogP contribution in [0.3, 0.4) is 0 Å². The number of aromatic nitrogens is 5. The van der Waals surface area contributed by atoms with Gasteiger partial charge in [0.25, 0.3) is 0 Å². The summed E-state index contributed by atoms with van der Waals surface area (Å²) in [6.07, 6.45) is 9.72. The Hall–Kier alpha value is -1.69. The minimum absolute atomic E-state index is 0.545. The number of aryl methyl sites for hydroxylation is 1. The molecule has 1 fully saturated rings. The summed E-state index contributed by atoms with van der Waals surface area (Å²) in [5, 5.41) is 4.19. The normalized spacial score (nSPS) is 20.6. The van der Waals surface area contributed by atoms with E-state index in [9.17, 15) is 0 Å². The Bertz CT molecular complexity index is 488. The molecule has 1 atom stereocenters. The smallest absolute Gasteiger partial charge is 0.137 e. The van der Waals surface area contributed by atoms with Crippen molar-refractivity contribution < 1.29 is 0 Å². The summed E-state index contributed by atoms with van der Waals surface area (Å²) in [5.74, 6) is 1.13. The summed E-state index contributed by atoms with van der Waals surface area (Å²) in [6.45, 7) is 2.99. The molecule has 96 valence electrons. The fourth-order valence-corrected chi connectivity index (χ4v) is 2.58. The topological polar surface area (TPSA) is 51.8 Å². The largest absolute Gasteiger partial charge is 0.337 e. The van der Waals surface area contributed by atoms with Crippen LogP contribution >= 0.6 is 0 Å². The van der Waals surface area contributed by atoms with Gasteiger partial charge in [0.1, 0.15) is 18.5 Å². The molecule has 0 aliphatic carbocycles. The van der Waals surface area contributed by atoms with Crippen LogP contribution in [0, 0.1) is 0 Å². The SMILES string of the molecule is Cn1ccnc1CN1CCC[C@H]1Cn1cncn1. The van der Waals surface area contributed by atoms with E-state index in [1.54, 1.807) is 12.7 Å². The summed E-state index contributed by atoms with van der Waals surface area (Å²) in [4.78, 5) is 10.9. The first kappa shape index (κ1) is 11.4. The van der Waals surface area contributed by atoms with Crippen LogP contribution in [0.1, 0.15) is 18.7 Å². The molecule has 6 heteroatoms. The zero-order chi connectivity index (χ0) is 12.4. The van der Waals surface area contributed by atoms with Gasteiger partial charge in [0.2, 0.25) is 0 Å². The lowest BCUT2D eigenvalue weighted by molar-refractivity contribution is 0.212. The van der Waals surface area contributed by atoms with Crippen molar-refractivity contribution in [1.82, 2.24) is 29.2 Å². The van der Waals surface area contributed by atoms with Crippen molar-refractivity contribution in [3.8, 4) is 0 Å². The highest BCUT2D eigenvalue weighted by molar-refractivity contribution is 4.93. The lowest BCUT2D eigenvalue weighted by Crippen LogP contribution is -2.33. The van der Waals surface area contributed by atoms with Crippen molar-refractivity contribution in [1.29, 1.82) is 0 Å². The van der Waals surface area contributed by atoms with Crippen LogP contribution in [-0.2, 0) is 20.1 Å². The molecule has 1 saturated heterocycles. The number of rotatable bonds is 4. The van der Waals surface area contributed by atoms with Crippen molar-refractivity contribution >= 4 is 0 Å². The standard InChI is InChI=1S/C12H18N6/c1-16-6-4-14-12(16)8-17-5-2-3-11(17)7-18-10-13-9-15-18/h4,6,9-11H,2-3,5,7-8H2,1H3/t11-/m0/s1. The lowest BCUT2D eigenvalue weighted by atomic mass is 10.2. The van der Waals surface area contributed by atoms with Crippen molar-refractivity contribution in [3.05, 3.63) is 30.9 Å². The zero-order valence-electron chi connectivity index (χ0n) is 10.6. The van der Waals surface area contributed by atoms with Gasteiger partial charge >= 0.3 is 0 Å². The molecule has 0 N–H and O–H groups in total. The van der Waals surface area contributed by atoms with E-state index in [-0.39, 0.29) is 0 Å². The Morgan fingerprint density at radius 1 is 1.44 bits per heavy atom. The van der Waals surface area contributed by atoms with E-state index < -0.39 is 0 Å². The van der Waals surface area contributed by atoms with Gasteiger partial charge in [-0.15, -0.1) is 0 Å². The Morgan fingerprint density at radius 2 is 2.39 bits per heavy atom. The monoisotopic (exact) mass is 246 g/mol. The average Bonchev–Trinajstić information content (AvgIpc) is 3.06. The molecule has 1 aliphatic rings. The number of likely N-dealkylation sites (tertiary alicyclic amines) is 1. The van der Waals surface area contributed by atoms with Crippen molar-refractivity contribution in [2.24, 2.45) is 7.05 Å². The van der Waals surface area contributed by atoms with E-state index in [2.05, 4.69) is 24.5 Å².